The molecule has 0 heterocycles. The van der Waals surface area contributed by atoms with Crippen molar-refractivity contribution >= 4 is 80.5 Å². The number of phenols is 2. The van der Waals surface area contributed by atoms with Gasteiger partial charge in [0.1, 0.15) is 17.2 Å². The number of hydrogen-bond acceptors (Lipinski definition) is 7. The number of aromatic hydroxyl groups is 2. The topological polar surface area (TPSA) is 111 Å². The van der Waals surface area contributed by atoms with E-state index in [4.69, 9.17) is 34.8 Å². The first-order valence-corrected chi connectivity index (χ1v) is 15.1. The van der Waals surface area contributed by atoms with Crippen LogP contribution in [0.3, 0.4) is 0 Å². The minimum Gasteiger partial charge on any atom is -0.507 e. The maximum Gasteiger partial charge on any atom is 0.201 e. The van der Waals surface area contributed by atoms with Crippen molar-refractivity contribution in [1.29, 1.82) is 0 Å². The molecule has 5 N–H and O–H groups in total. The smallest absolute Gasteiger partial charge is 0.201 e. The van der Waals surface area contributed by atoms with Crippen molar-refractivity contribution in [3.05, 3.63) is 127 Å². The summed E-state index contributed by atoms with van der Waals surface area (Å²) in [5, 5.41) is 31.7. The number of anilines is 6. The fourth-order valence-electron chi connectivity index (χ4n) is 5.56. The Kier molecular flexibility index (Phi) is 8.06. The lowest BCUT2D eigenvalue weighted by molar-refractivity contribution is 0.0971. The second kappa shape index (κ2) is 11.9. The van der Waals surface area contributed by atoms with Crippen LogP contribution >= 0.6 is 34.8 Å². The van der Waals surface area contributed by atoms with Crippen molar-refractivity contribution in [1.82, 2.24) is 0 Å². The van der Waals surface area contributed by atoms with Crippen LogP contribution in [0, 0.1) is 26.6 Å². The Balaban J connectivity index is 1.76. The summed E-state index contributed by atoms with van der Waals surface area (Å²) in [5.74, 6) is -4.15. The number of carbonyl (C=O) groups excluding carboxylic acids is 2. The minimum atomic E-state index is -1.10. The average Bonchev–Trinajstić information content (AvgIpc) is 3.00. The molecule has 0 fully saturated rings. The van der Waals surface area contributed by atoms with E-state index < -0.39 is 45.6 Å². The molecular weight excluding hydrogens is 652 g/mol. The Labute approximate surface area is 278 Å². The molecule has 0 aliphatic heterocycles. The molecule has 1 aliphatic rings. The van der Waals surface area contributed by atoms with Gasteiger partial charge in [0.15, 0.2) is 5.82 Å². The summed E-state index contributed by atoms with van der Waals surface area (Å²) < 4.78 is 17.1. The van der Waals surface area contributed by atoms with Gasteiger partial charge in [-0.1, -0.05) is 71.2 Å². The Hall–Kier alpha value is -4.76. The number of hydrogen-bond donors (Lipinski definition) is 5. The van der Waals surface area contributed by atoms with Gasteiger partial charge in [0.05, 0.1) is 65.8 Å². The third-order valence-corrected chi connectivity index (χ3v) is 8.87. The molecule has 0 aromatic heterocycles. The van der Waals surface area contributed by atoms with Crippen LogP contribution in [-0.4, -0.2) is 21.8 Å². The van der Waals surface area contributed by atoms with Gasteiger partial charge in [-0.2, -0.15) is 0 Å². The molecule has 46 heavy (non-hydrogen) atoms. The average molecular weight is 677 g/mol. The maximum atomic E-state index is 17.1. The minimum absolute atomic E-state index is 0.00432. The van der Waals surface area contributed by atoms with Crippen molar-refractivity contribution in [3.8, 4) is 11.5 Å². The zero-order chi connectivity index (χ0) is 33.0. The molecule has 6 rings (SSSR count). The van der Waals surface area contributed by atoms with Crippen molar-refractivity contribution in [2.45, 2.75) is 20.8 Å². The Bertz CT molecular complexity index is 2070. The van der Waals surface area contributed by atoms with Crippen molar-refractivity contribution in [3.63, 3.8) is 0 Å². The Morgan fingerprint density at radius 2 is 0.870 bits per heavy atom. The first kappa shape index (κ1) is 31.2. The van der Waals surface area contributed by atoms with Gasteiger partial charge in [-0.15, -0.1) is 0 Å². The molecule has 0 bridgehead atoms. The lowest BCUT2D eigenvalue weighted by Crippen LogP contribution is -2.26. The van der Waals surface area contributed by atoms with Gasteiger partial charge >= 0.3 is 0 Å². The zero-order valence-electron chi connectivity index (χ0n) is 24.6. The number of rotatable bonds is 6. The number of nitrogens with one attached hydrogen (secondary N) is 3. The SMILES string of the molecule is Cc1cccc(Cl)c1Nc1c(F)c2c(c(Nc3c(C)cccc3Cl)c1Nc1c(C)cccc1Cl)C(=O)c1c(O)ccc(O)c1C2=O. The molecule has 0 saturated carbocycles. The number of para-hydroxylation sites is 3. The summed E-state index contributed by atoms with van der Waals surface area (Å²) in [4.78, 5) is 28.4. The number of halogens is 4. The van der Waals surface area contributed by atoms with E-state index in [1.54, 1.807) is 75.4 Å². The maximum absolute atomic E-state index is 17.1. The highest BCUT2D eigenvalue weighted by molar-refractivity contribution is 6.36. The summed E-state index contributed by atoms with van der Waals surface area (Å²) in [7, 11) is 0. The summed E-state index contributed by atoms with van der Waals surface area (Å²) in [6.07, 6.45) is 0. The predicted molar refractivity (Wildman–Crippen MR) is 181 cm³/mol. The normalized spacial score (nSPS) is 12.1. The quantitative estimate of drug-likeness (QED) is 0.112. The largest absolute Gasteiger partial charge is 0.507 e. The fourth-order valence-corrected chi connectivity index (χ4v) is 6.37. The second-order valence-corrected chi connectivity index (χ2v) is 12.1. The van der Waals surface area contributed by atoms with Gasteiger partial charge < -0.3 is 26.2 Å². The van der Waals surface area contributed by atoms with Gasteiger partial charge in [-0.05, 0) is 67.8 Å². The van der Waals surface area contributed by atoms with Crippen LogP contribution in [0.5, 0.6) is 11.5 Å². The van der Waals surface area contributed by atoms with Gasteiger partial charge in [-0.25, -0.2) is 4.39 Å². The van der Waals surface area contributed by atoms with E-state index in [2.05, 4.69) is 16.0 Å². The summed E-state index contributed by atoms with van der Waals surface area (Å²) >= 11 is 19.8. The third-order valence-electron chi connectivity index (χ3n) is 7.92. The third kappa shape index (κ3) is 5.08. The Morgan fingerprint density at radius 1 is 0.500 bits per heavy atom. The lowest BCUT2D eigenvalue weighted by atomic mass is 9.80. The van der Waals surface area contributed by atoms with Gasteiger partial charge in [0.2, 0.25) is 11.6 Å². The van der Waals surface area contributed by atoms with Crippen molar-refractivity contribution in [2.24, 2.45) is 0 Å². The van der Waals surface area contributed by atoms with E-state index in [9.17, 15) is 19.8 Å². The van der Waals surface area contributed by atoms with Crippen LogP contribution in [0.1, 0.15) is 48.5 Å². The zero-order valence-corrected chi connectivity index (χ0v) is 26.8. The molecule has 0 unspecified atom stereocenters. The monoisotopic (exact) mass is 675 g/mol. The number of fused-ring (bicyclic) bond motifs is 2. The predicted octanol–water partition coefficient (Wildman–Crippen LogP) is 10.1. The lowest BCUT2D eigenvalue weighted by Gasteiger charge is -2.29. The van der Waals surface area contributed by atoms with Crippen LogP contribution in [0.2, 0.25) is 15.1 Å². The molecule has 5 aromatic rings. The first-order valence-electron chi connectivity index (χ1n) is 14.0. The van der Waals surface area contributed by atoms with Crippen LogP contribution in [0.25, 0.3) is 0 Å². The van der Waals surface area contributed by atoms with Gasteiger partial charge in [0, 0.05) is 0 Å². The van der Waals surface area contributed by atoms with Crippen LogP contribution in [0.4, 0.5) is 38.5 Å². The number of phenolic OH excluding ortho intramolecular Hbond substituents is 2. The van der Waals surface area contributed by atoms with E-state index in [1.807, 2.05) is 0 Å². The summed E-state index contributed by atoms with van der Waals surface area (Å²) in [5.41, 5.74) is 0.888. The van der Waals surface area contributed by atoms with E-state index >= 15 is 4.39 Å². The van der Waals surface area contributed by atoms with E-state index in [0.717, 1.165) is 12.1 Å². The molecular formula is C35H25Cl3FN3O4. The fraction of sp³-hybridized carbons (Fsp3) is 0.0857. The van der Waals surface area contributed by atoms with Crippen molar-refractivity contribution < 1.29 is 24.2 Å². The summed E-state index contributed by atoms with van der Waals surface area (Å²) in [6, 6.07) is 17.6. The number of aryl methyl sites for hydroxylation is 3. The van der Waals surface area contributed by atoms with Crippen LogP contribution in [0.15, 0.2) is 66.7 Å². The van der Waals surface area contributed by atoms with E-state index in [1.165, 1.54) is 0 Å². The van der Waals surface area contributed by atoms with E-state index in [0.29, 0.717) is 38.8 Å². The van der Waals surface area contributed by atoms with Crippen molar-refractivity contribution in [2.75, 3.05) is 16.0 Å². The number of carbonyl (C=O) groups is 2. The standard InChI is InChI=1S/C35H25Cl3FN3O4/c1-15-7-4-10-18(36)28(15)40-31-26-25(34(45)23-21(43)13-14-22(44)24(23)35(26)46)27(39)32(41-29-16(2)8-5-11-19(29)37)33(31)42-30-17(3)9-6-12-20(30)38/h4-14,40-44H,1-3H3. The highest BCUT2D eigenvalue weighted by Crippen LogP contribution is 2.50. The molecule has 7 nitrogen and oxygen atoms in total. The molecule has 5 aromatic carbocycles. The Morgan fingerprint density at radius 3 is 1.28 bits per heavy atom. The van der Waals surface area contributed by atoms with Crippen LogP contribution in [-0.2, 0) is 0 Å². The first-order chi connectivity index (χ1) is 21.9. The highest BCUT2D eigenvalue weighted by atomic mass is 35.5. The van der Waals surface area contributed by atoms with Crippen LogP contribution < -0.4 is 16.0 Å². The van der Waals surface area contributed by atoms with Gasteiger partial charge in [-0.3, -0.25) is 9.59 Å². The molecule has 0 atom stereocenters. The molecule has 1 aliphatic carbocycles. The number of benzene rings is 5. The van der Waals surface area contributed by atoms with E-state index in [-0.39, 0.29) is 32.7 Å². The molecule has 232 valence electrons. The molecule has 0 spiro atoms. The molecule has 11 heteroatoms. The second-order valence-electron chi connectivity index (χ2n) is 10.9. The molecule has 0 radical (unpaired) electrons. The number of ketones is 2. The molecule has 0 saturated heterocycles. The van der Waals surface area contributed by atoms with Gasteiger partial charge in [0.25, 0.3) is 0 Å². The molecule has 0 amide bonds. The summed E-state index contributed by atoms with van der Waals surface area (Å²) in [6.45, 7) is 5.35. The highest BCUT2D eigenvalue weighted by Gasteiger charge is 2.41.